The number of ether oxygens (including phenoxy) is 3. The van der Waals surface area contributed by atoms with Gasteiger partial charge in [0.15, 0.2) is 5.72 Å². The van der Waals surface area contributed by atoms with Gasteiger partial charge in [0.1, 0.15) is 23.9 Å². The van der Waals surface area contributed by atoms with Gasteiger partial charge in [0.25, 0.3) is 0 Å². The van der Waals surface area contributed by atoms with Crippen LogP contribution < -0.4 is 9.64 Å². The van der Waals surface area contributed by atoms with Crippen molar-refractivity contribution in [1.82, 2.24) is 0 Å². The fraction of sp³-hybridized carbons (Fsp3) is 0.381. The van der Waals surface area contributed by atoms with Gasteiger partial charge in [-0.25, -0.2) is 0 Å². The molecule has 0 N–H and O–H groups in total. The second-order valence-electron chi connectivity index (χ2n) is 7.65. The molecule has 26 heavy (non-hydrogen) atoms. The van der Waals surface area contributed by atoms with Crippen LogP contribution in [0.1, 0.15) is 17.9 Å². The first-order valence-corrected chi connectivity index (χ1v) is 9.05. The summed E-state index contributed by atoms with van der Waals surface area (Å²) in [6, 6.07) is 18.4. The molecule has 0 unspecified atom stereocenters. The molecule has 0 aromatic heterocycles. The molecule has 4 aliphatic heterocycles. The summed E-state index contributed by atoms with van der Waals surface area (Å²) in [7, 11) is 1.47. The van der Waals surface area contributed by atoms with Gasteiger partial charge < -0.3 is 19.1 Å². The smallest absolute Gasteiger partial charge is 0.314 e. The van der Waals surface area contributed by atoms with E-state index in [0.717, 1.165) is 23.4 Å². The highest BCUT2D eigenvalue weighted by Crippen LogP contribution is 2.74. The number of hydrogen-bond donors (Lipinski definition) is 0. The van der Waals surface area contributed by atoms with E-state index in [9.17, 15) is 4.79 Å². The summed E-state index contributed by atoms with van der Waals surface area (Å²) < 4.78 is 18.0. The van der Waals surface area contributed by atoms with E-state index < -0.39 is 11.3 Å². The lowest BCUT2D eigenvalue weighted by Gasteiger charge is -2.39. The van der Waals surface area contributed by atoms with Crippen molar-refractivity contribution in [2.24, 2.45) is 5.92 Å². The van der Waals surface area contributed by atoms with Crippen molar-refractivity contribution in [3.63, 3.8) is 0 Å². The van der Waals surface area contributed by atoms with Crippen molar-refractivity contribution in [2.75, 3.05) is 18.6 Å². The fourth-order valence-corrected chi connectivity index (χ4v) is 5.66. The van der Waals surface area contributed by atoms with E-state index >= 15 is 0 Å². The van der Waals surface area contributed by atoms with Gasteiger partial charge in [0.05, 0.1) is 13.2 Å². The van der Waals surface area contributed by atoms with Crippen LogP contribution in [0, 0.1) is 5.92 Å². The summed E-state index contributed by atoms with van der Waals surface area (Å²) in [6.45, 7) is 0.489. The molecule has 2 aromatic rings. The number of carbonyl (C=O) groups is 1. The summed E-state index contributed by atoms with van der Waals surface area (Å²) in [5.74, 6) is 0.270. The normalized spacial score (nSPS) is 38.0. The van der Waals surface area contributed by atoms with Crippen molar-refractivity contribution < 1.29 is 19.0 Å². The second kappa shape index (κ2) is 4.60. The van der Waals surface area contributed by atoms with Gasteiger partial charge in [0.2, 0.25) is 0 Å². The molecule has 2 aromatic carbocycles. The maximum absolute atomic E-state index is 12.9. The molecule has 2 spiro atoms. The number of para-hydroxylation sites is 2. The molecule has 0 aliphatic carbocycles. The Kier molecular flexibility index (Phi) is 2.58. The van der Waals surface area contributed by atoms with Crippen LogP contribution in [-0.2, 0) is 14.3 Å². The molecule has 4 heterocycles. The third kappa shape index (κ3) is 1.50. The molecular weight excluding hydrogens is 330 g/mol. The highest BCUT2D eigenvalue weighted by molar-refractivity contribution is 5.82. The van der Waals surface area contributed by atoms with E-state index in [0.29, 0.717) is 6.61 Å². The molecule has 2 bridgehead atoms. The lowest BCUT2D eigenvalue weighted by molar-refractivity contribution is -0.148. The Labute approximate surface area is 151 Å². The average molecular weight is 349 g/mol. The quantitative estimate of drug-likeness (QED) is 0.616. The minimum atomic E-state index is -0.611. The number of hydrogen-bond acceptors (Lipinski definition) is 5. The van der Waals surface area contributed by atoms with Crippen LogP contribution in [0.5, 0.6) is 5.75 Å². The number of anilines is 1. The van der Waals surface area contributed by atoms with Crippen LogP contribution in [0.4, 0.5) is 5.69 Å². The van der Waals surface area contributed by atoms with Gasteiger partial charge in [-0.1, -0.05) is 36.4 Å². The summed E-state index contributed by atoms with van der Waals surface area (Å²) in [5.41, 5.74) is 1.10. The molecule has 6 rings (SSSR count). The zero-order valence-corrected chi connectivity index (χ0v) is 14.4. The van der Waals surface area contributed by atoms with Crippen molar-refractivity contribution in [3.8, 4) is 5.75 Å². The Bertz CT molecular complexity index is 915. The van der Waals surface area contributed by atoms with E-state index in [4.69, 9.17) is 14.2 Å². The number of nitrogens with zero attached hydrogens (tertiary/aromatic N) is 1. The van der Waals surface area contributed by atoms with E-state index in [1.807, 2.05) is 36.4 Å². The predicted octanol–water partition coefficient (Wildman–Crippen LogP) is 2.71. The third-order valence-electron chi connectivity index (χ3n) is 6.56. The summed E-state index contributed by atoms with van der Waals surface area (Å²) in [6.07, 6.45) is 0.869. The zero-order chi connectivity index (χ0) is 17.5. The molecule has 132 valence electrons. The first-order valence-electron chi connectivity index (χ1n) is 9.05. The number of esters is 1. The van der Waals surface area contributed by atoms with Gasteiger partial charge in [-0.15, -0.1) is 0 Å². The molecule has 5 heteroatoms. The Hall–Kier alpha value is -2.53. The minimum absolute atomic E-state index is 0.0372. The first-order chi connectivity index (χ1) is 12.7. The maximum Gasteiger partial charge on any atom is 0.314 e. The first kappa shape index (κ1) is 14.6. The maximum atomic E-state index is 12.9. The summed E-state index contributed by atoms with van der Waals surface area (Å²) in [5, 5.41) is 0. The van der Waals surface area contributed by atoms with Crippen molar-refractivity contribution in [2.45, 2.75) is 29.7 Å². The Morgan fingerprint density at radius 2 is 1.92 bits per heavy atom. The molecular formula is C21H19NO4. The van der Waals surface area contributed by atoms with Crippen LogP contribution in [-0.4, -0.2) is 37.1 Å². The minimum Gasteiger partial charge on any atom is -0.490 e. The predicted molar refractivity (Wildman–Crippen MR) is 94.1 cm³/mol. The number of benzene rings is 2. The number of rotatable bonds is 2. The number of carbonyl (C=O) groups excluding carboxylic acids is 1. The molecule has 0 radical (unpaired) electrons. The van der Waals surface area contributed by atoms with Crippen LogP contribution in [0.15, 0.2) is 54.6 Å². The van der Waals surface area contributed by atoms with Crippen LogP contribution in [0.25, 0.3) is 0 Å². The third-order valence-corrected chi connectivity index (χ3v) is 6.56. The van der Waals surface area contributed by atoms with E-state index in [-0.39, 0.29) is 23.8 Å². The highest BCUT2D eigenvalue weighted by Gasteiger charge is 2.87. The van der Waals surface area contributed by atoms with Gasteiger partial charge in [-0.05, 0) is 18.2 Å². The average Bonchev–Trinajstić information content (AvgIpc) is 3.03. The molecule has 3 fully saturated rings. The molecule has 3 saturated heterocycles. The van der Waals surface area contributed by atoms with Gasteiger partial charge in [-0.3, -0.25) is 4.79 Å². The van der Waals surface area contributed by atoms with E-state index in [2.05, 4.69) is 23.1 Å². The Morgan fingerprint density at radius 1 is 1.15 bits per heavy atom. The standard InChI is InChI=1S/C21H19NO4/c1-24-19(23)18-17-14-9-5-6-10-15(14)25-12-20(17)11-16-21(18,26-20)22(16)13-7-3-2-4-8-13/h2-10,16-18H,11-12H2,1H3/t16-,17-,18+,20+,21+,22?/m1/s1. The Morgan fingerprint density at radius 3 is 2.73 bits per heavy atom. The van der Waals surface area contributed by atoms with Crippen molar-refractivity contribution in [1.29, 1.82) is 0 Å². The Balaban J connectivity index is 1.51. The zero-order valence-electron chi connectivity index (χ0n) is 14.4. The number of fused-ring (bicyclic) bond motifs is 2. The lowest BCUT2D eigenvalue weighted by atomic mass is 9.67. The van der Waals surface area contributed by atoms with Crippen LogP contribution in [0.3, 0.4) is 0 Å². The number of methoxy groups -OCH3 is 1. The monoisotopic (exact) mass is 349 g/mol. The SMILES string of the molecule is COC(=O)[C@@H]1[C@H]2c3ccccc3OC[C@@]23C[C@H]2N(c4ccccc4)[C@@]12O3. The topological polar surface area (TPSA) is 47.8 Å². The van der Waals surface area contributed by atoms with Crippen LogP contribution in [0.2, 0.25) is 0 Å². The molecule has 0 amide bonds. The largest absolute Gasteiger partial charge is 0.490 e. The summed E-state index contributed by atoms with van der Waals surface area (Å²) in [4.78, 5) is 15.2. The molecule has 4 aliphatic rings. The second-order valence-corrected chi connectivity index (χ2v) is 7.65. The molecule has 0 saturated carbocycles. The van der Waals surface area contributed by atoms with Gasteiger partial charge >= 0.3 is 5.97 Å². The van der Waals surface area contributed by atoms with E-state index in [1.165, 1.54) is 7.11 Å². The highest BCUT2D eigenvalue weighted by atomic mass is 16.6. The van der Waals surface area contributed by atoms with Crippen molar-refractivity contribution >= 4 is 11.7 Å². The van der Waals surface area contributed by atoms with Gasteiger partial charge in [-0.2, -0.15) is 0 Å². The summed E-state index contributed by atoms with van der Waals surface area (Å²) >= 11 is 0. The van der Waals surface area contributed by atoms with Gasteiger partial charge in [0, 0.05) is 23.6 Å². The van der Waals surface area contributed by atoms with Crippen LogP contribution >= 0.6 is 0 Å². The lowest BCUT2D eigenvalue weighted by Crippen LogP contribution is -2.47. The van der Waals surface area contributed by atoms with E-state index in [1.54, 1.807) is 0 Å². The molecule has 5 atom stereocenters. The fourth-order valence-electron chi connectivity index (χ4n) is 5.66. The van der Waals surface area contributed by atoms with Crippen molar-refractivity contribution in [3.05, 3.63) is 60.2 Å². The molecule has 5 nitrogen and oxygen atoms in total.